The lowest BCUT2D eigenvalue weighted by molar-refractivity contribution is -0.114. The van der Waals surface area contributed by atoms with Gasteiger partial charge in [-0.15, -0.1) is 0 Å². The van der Waals surface area contributed by atoms with E-state index in [4.69, 9.17) is 4.74 Å². The molecule has 3 aromatic rings. The molecule has 0 spiro atoms. The Labute approximate surface area is 152 Å². The first-order chi connectivity index (χ1) is 12.5. The molecule has 0 radical (unpaired) electrons. The van der Waals surface area contributed by atoms with E-state index in [-0.39, 0.29) is 18.3 Å². The van der Waals surface area contributed by atoms with Gasteiger partial charge in [-0.1, -0.05) is 36.4 Å². The number of amides is 1. The van der Waals surface area contributed by atoms with Crippen LogP contribution in [-0.2, 0) is 11.4 Å². The van der Waals surface area contributed by atoms with Gasteiger partial charge in [-0.05, 0) is 53.9 Å². The molecule has 0 aliphatic rings. The lowest BCUT2D eigenvalue weighted by Gasteiger charge is -2.09. The minimum Gasteiger partial charge on any atom is -0.489 e. The average molecular weight is 349 g/mol. The predicted molar refractivity (Wildman–Crippen MR) is 102 cm³/mol. The number of carbonyl (C=O) groups is 1. The Morgan fingerprint density at radius 1 is 0.962 bits per heavy atom. The van der Waals surface area contributed by atoms with Crippen molar-refractivity contribution in [1.82, 2.24) is 0 Å². The van der Waals surface area contributed by atoms with Gasteiger partial charge in [0.1, 0.15) is 18.2 Å². The fourth-order valence-corrected chi connectivity index (χ4v) is 2.62. The summed E-state index contributed by atoms with van der Waals surface area (Å²) in [5, 5.41) is 2.74. The van der Waals surface area contributed by atoms with Crippen LogP contribution < -0.4 is 10.1 Å². The minimum absolute atomic E-state index is 0.0933. The number of hydrogen-bond donors (Lipinski definition) is 1. The van der Waals surface area contributed by atoms with Crippen LogP contribution in [0.2, 0.25) is 0 Å². The quantitative estimate of drug-likeness (QED) is 0.675. The van der Waals surface area contributed by atoms with Crippen LogP contribution in [0.5, 0.6) is 5.75 Å². The molecular formula is C22H20FNO2. The van der Waals surface area contributed by atoms with Crippen molar-refractivity contribution in [2.45, 2.75) is 20.5 Å². The van der Waals surface area contributed by atoms with E-state index in [0.717, 1.165) is 22.4 Å². The zero-order chi connectivity index (χ0) is 18.5. The van der Waals surface area contributed by atoms with Crippen molar-refractivity contribution < 1.29 is 13.9 Å². The first-order valence-electron chi connectivity index (χ1n) is 8.37. The van der Waals surface area contributed by atoms with Crippen LogP contribution in [0.4, 0.5) is 10.1 Å². The van der Waals surface area contributed by atoms with E-state index in [2.05, 4.69) is 5.32 Å². The molecule has 1 N–H and O–H groups in total. The SMILES string of the molecule is CC(=O)Nc1ccc(-c2ccc(OCc3ccc(C)cc3F)cc2)cc1. The largest absolute Gasteiger partial charge is 0.489 e. The number of halogens is 1. The maximum Gasteiger partial charge on any atom is 0.221 e. The Balaban J connectivity index is 1.65. The van der Waals surface area contributed by atoms with E-state index in [9.17, 15) is 9.18 Å². The second-order valence-corrected chi connectivity index (χ2v) is 6.17. The van der Waals surface area contributed by atoms with Gasteiger partial charge in [-0.3, -0.25) is 4.79 Å². The molecule has 0 aliphatic heterocycles. The first-order valence-corrected chi connectivity index (χ1v) is 8.37. The molecule has 0 atom stereocenters. The van der Waals surface area contributed by atoms with Gasteiger partial charge in [-0.25, -0.2) is 4.39 Å². The highest BCUT2D eigenvalue weighted by Crippen LogP contribution is 2.24. The molecule has 4 heteroatoms. The first kappa shape index (κ1) is 17.7. The summed E-state index contributed by atoms with van der Waals surface area (Å²) >= 11 is 0. The molecular weight excluding hydrogens is 329 g/mol. The summed E-state index contributed by atoms with van der Waals surface area (Å²) in [7, 11) is 0. The van der Waals surface area contributed by atoms with Crippen molar-refractivity contribution in [1.29, 1.82) is 0 Å². The maximum absolute atomic E-state index is 13.8. The lowest BCUT2D eigenvalue weighted by Crippen LogP contribution is -2.05. The predicted octanol–water partition coefficient (Wildman–Crippen LogP) is 5.34. The van der Waals surface area contributed by atoms with Crippen LogP contribution in [0.25, 0.3) is 11.1 Å². The van der Waals surface area contributed by atoms with Gasteiger partial charge in [-0.2, -0.15) is 0 Å². The number of benzene rings is 3. The summed E-state index contributed by atoms with van der Waals surface area (Å²) in [5.41, 5.74) is 4.26. The van der Waals surface area contributed by atoms with Crippen LogP contribution in [-0.4, -0.2) is 5.91 Å². The van der Waals surface area contributed by atoms with Crippen LogP contribution in [0.15, 0.2) is 66.7 Å². The molecule has 3 rings (SSSR count). The van der Waals surface area contributed by atoms with Crippen molar-refractivity contribution in [3.63, 3.8) is 0 Å². The Kier molecular flexibility index (Phi) is 5.32. The number of anilines is 1. The summed E-state index contributed by atoms with van der Waals surface area (Å²) in [6.45, 7) is 3.53. The number of nitrogens with one attached hydrogen (secondary N) is 1. The normalized spacial score (nSPS) is 10.4. The minimum atomic E-state index is -0.249. The van der Waals surface area contributed by atoms with E-state index < -0.39 is 0 Å². The molecule has 0 bridgehead atoms. The van der Waals surface area contributed by atoms with Gasteiger partial charge >= 0.3 is 0 Å². The molecule has 3 nitrogen and oxygen atoms in total. The van der Waals surface area contributed by atoms with Crippen LogP contribution in [0.1, 0.15) is 18.1 Å². The van der Waals surface area contributed by atoms with Gasteiger partial charge in [0.2, 0.25) is 5.91 Å². The summed E-state index contributed by atoms with van der Waals surface area (Å²) in [6, 6.07) is 20.4. The van der Waals surface area contributed by atoms with Crippen LogP contribution >= 0.6 is 0 Å². The lowest BCUT2D eigenvalue weighted by atomic mass is 10.1. The second-order valence-electron chi connectivity index (χ2n) is 6.17. The molecule has 0 aromatic heterocycles. The van der Waals surface area contributed by atoms with Gasteiger partial charge in [0.25, 0.3) is 0 Å². The molecule has 0 fully saturated rings. The number of rotatable bonds is 5. The topological polar surface area (TPSA) is 38.3 Å². The Morgan fingerprint density at radius 3 is 2.15 bits per heavy atom. The summed E-state index contributed by atoms with van der Waals surface area (Å²) in [6.07, 6.45) is 0. The highest BCUT2D eigenvalue weighted by molar-refractivity contribution is 5.89. The Bertz CT molecular complexity index is 902. The molecule has 132 valence electrons. The van der Waals surface area contributed by atoms with Crippen LogP contribution in [0.3, 0.4) is 0 Å². The average Bonchev–Trinajstić information content (AvgIpc) is 2.62. The van der Waals surface area contributed by atoms with Gasteiger partial charge in [0.05, 0.1) is 0 Å². The van der Waals surface area contributed by atoms with Gasteiger partial charge < -0.3 is 10.1 Å². The van der Waals surface area contributed by atoms with E-state index >= 15 is 0 Å². The van der Waals surface area contributed by atoms with Crippen molar-refractivity contribution in [3.05, 3.63) is 83.7 Å². The van der Waals surface area contributed by atoms with Crippen molar-refractivity contribution in [3.8, 4) is 16.9 Å². The fourth-order valence-electron chi connectivity index (χ4n) is 2.62. The van der Waals surface area contributed by atoms with E-state index in [1.165, 1.54) is 13.0 Å². The number of aryl methyl sites for hydroxylation is 1. The second kappa shape index (κ2) is 7.83. The van der Waals surface area contributed by atoms with Gasteiger partial charge in [0, 0.05) is 18.2 Å². The summed E-state index contributed by atoms with van der Waals surface area (Å²) in [4.78, 5) is 11.1. The molecule has 1 amide bonds. The molecule has 26 heavy (non-hydrogen) atoms. The Hall–Kier alpha value is -3.14. The van der Waals surface area contributed by atoms with Gasteiger partial charge in [0.15, 0.2) is 0 Å². The summed E-state index contributed by atoms with van der Waals surface area (Å²) < 4.78 is 19.5. The van der Waals surface area contributed by atoms with Crippen molar-refractivity contribution in [2.75, 3.05) is 5.32 Å². The highest BCUT2D eigenvalue weighted by atomic mass is 19.1. The van der Waals surface area contributed by atoms with E-state index in [1.54, 1.807) is 6.07 Å². The molecule has 0 heterocycles. The van der Waals surface area contributed by atoms with Crippen LogP contribution in [0, 0.1) is 12.7 Å². The number of hydrogen-bond acceptors (Lipinski definition) is 2. The molecule has 0 saturated carbocycles. The molecule has 0 unspecified atom stereocenters. The third-order valence-corrected chi connectivity index (χ3v) is 4.00. The number of ether oxygens (including phenoxy) is 1. The van der Waals surface area contributed by atoms with Crippen molar-refractivity contribution in [2.24, 2.45) is 0 Å². The molecule has 0 saturated heterocycles. The molecule has 3 aromatic carbocycles. The zero-order valence-electron chi connectivity index (χ0n) is 14.8. The Morgan fingerprint density at radius 2 is 1.58 bits per heavy atom. The third-order valence-electron chi connectivity index (χ3n) is 4.00. The fraction of sp³-hybridized carbons (Fsp3) is 0.136. The zero-order valence-corrected chi connectivity index (χ0v) is 14.8. The van der Waals surface area contributed by atoms with E-state index in [1.807, 2.05) is 61.5 Å². The summed E-state index contributed by atoms with van der Waals surface area (Å²) in [5.74, 6) is 0.341. The van der Waals surface area contributed by atoms with E-state index in [0.29, 0.717) is 11.3 Å². The molecule has 0 aliphatic carbocycles. The monoisotopic (exact) mass is 349 g/mol. The maximum atomic E-state index is 13.8. The highest BCUT2D eigenvalue weighted by Gasteiger charge is 2.04. The van der Waals surface area contributed by atoms with Crippen molar-refractivity contribution >= 4 is 11.6 Å². The number of carbonyl (C=O) groups excluding carboxylic acids is 1. The smallest absolute Gasteiger partial charge is 0.221 e. The third kappa shape index (κ3) is 4.48. The standard InChI is InChI=1S/C22H20FNO2/c1-15-3-4-19(22(23)13-15)14-26-21-11-7-18(8-12-21)17-5-9-20(10-6-17)24-16(2)25/h3-13H,14H2,1-2H3,(H,24,25).